The summed E-state index contributed by atoms with van der Waals surface area (Å²) in [6, 6.07) is 36.6. The summed E-state index contributed by atoms with van der Waals surface area (Å²) in [5, 5.41) is 3.59. The predicted octanol–water partition coefficient (Wildman–Crippen LogP) is 8.02. The number of rotatable bonds is 8. The first-order valence-corrected chi connectivity index (χ1v) is 12.0. The van der Waals surface area contributed by atoms with Crippen molar-refractivity contribution in [2.75, 3.05) is 5.32 Å². The Labute approximate surface area is 215 Å². The van der Waals surface area contributed by atoms with Crippen molar-refractivity contribution < 1.29 is 13.9 Å². The van der Waals surface area contributed by atoms with Crippen molar-refractivity contribution in [3.63, 3.8) is 0 Å². The zero-order valence-corrected chi connectivity index (χ0v) is 20.2. The second-order valence-corrected chi connectivity index (χ2v) is 8.77. The highest BCUT2D eigenvalue weighted by Crippen LogP contribution is 2.29. The molecule has 1 amide bonds. The molecule has 0 aliphatic carbocycles. The first kappa shape index (κ1) is 23.5. The number of ether oxygens (including phenoxy) is 1. The minimum Gasteiger partial charge on any atom is -0.489 e. The maximum Gasteiger partial charge on any atom is 0.291 e. The molecule has 1 N–H and O–H groups in total. The van der Waals surface area contributed by atoms with E-state index >= 15 is 0 Å². The monoisotopic (exact) mass is 493 g/mol. The molecule has 0 unspecified atom stereocenters. The van der Waals surface area contributed by atoms with Gasteiger partial charge in [-0.2, -0.15) is 0 Å². The van der Waals surface area contributed by atoms with Crippen molar-refractivity contribution in [2.45, 2.75) is 13.0 Å². The highest BCUT2D eigenvalue weighted by Gasteiger charge is 2.15. The van der Waals surface area contributed by atoms with E-state index in [1.54, 1.807) is 18.2 Å². The van der Waals surface area contributed by atoms with Crippen LogP contribution in [0.5, 0.6) is 5.75 Å². The van der Waals surface area contributed by atoms with Crippen molar-refractivity contribution in [3.05, 3.63) is 143 Å². The van der Waals surface area contributed by atoms with Gasteiger partial charge in [0.05, 0.1) is 0 Å². The van der Waals surface area contributed by atoms with Gasteiger partial charge >= 0.3 is 0 Å². The van der Waals surface area contributed by atoms with Crippen molar-refractivity contribution in [1.82, 2.24) is 0 Å². The van der Waals surface area contributed by atoms with E-state index in [2.05, 4.69) is 5.32 Å². The summed E-state index contributed by atoms with van der Waals surface area (Å²) in [5.41, 5.74) is 4.65. The fourth-order valence-electron chi connectivity index (χ4n) is 3.99. The van der Waals surface area contributed by atoms with Gasteiger partial charge in [0, 0.05) is 28.3 Å². The molecule has 0 aliphatic heterocycles. The molecule has 0 saturated heterocycles. The largest absolute Gasteiger partial charge is 0.489 e. The molecule has 178 valence electrons. The SMILES string of the molecule is O=C(Nc1ccccc1-c1ccccc1)c1ccc(Cc2cc(Cl)ccc2OCc2ccccc2)o1. The maximum absolute atomic E-state index is 13.0. The number of anilines is 1. The molecule has 5 aromatic rings. The van der Waals surface area contributed by atoms with Crippen LogP contribution < -0.4 is 10.1 Å². The van der Waals surface area contributed by atoms with Gasteiger partial charge in [0.15, 0.2) is 5.76 Å². The van der Waals surface area contributed by atoms with Crippen LogP contribution >= 0.6 is 11.6 Å². The lowest BCUT2D eigenvalue weighted by molar-refractivity contribution is 0.0995. The van der Waals surface area contributed by atoms with E-state index in [0.29, 0.717) is 23.8 Å². The van der Waals surface area contributed by atoms with Gasteiger partial charge < -0.3 is 14.5 Å². The number of halogens is 1. The molecule has 0 spiro atoms. The molecule has 36 heavy (non-hydrogen) atoms. The summed E-state index contributed by atoms with van der Waals surface area (Å²) in [6.45, 7) is 0.447. The quantitative estimate of drug-likeness (QED) is 0.238. The van der Waals surface area contributed by atoms with Crippen LogP contribution in [0.1, 0.15) is 27.4 Å². The van der Waals surface area contributed by atoms with Gasteiger partial charge in [-0.3, -0.25) is 4.79 Å². The molecule has 0 fully saturated rings. The molecule has 5 heteroatoms. The Morgan fingerprint density at radius 3 is 2.33 bits per heavy atom. The average molecular weight is 494 g/mol. The number of nitrogens with one attached hydrogen (secondary N) is 1. The van der Waals surface area contributed by atoms with Gasteiger partial charge in [-0.05, 0) is 47.5 Å². The van der Waals surface area contributed by atoms with Crippen molar-refractivity contribution >= 4 is 23.2 Å². The molecule has 0 radical (unpaired) electrons. The second-order valence-electron chi connectivity index (χ2n) is 8.33. The zero-order valence-electron chi connectivity index (χ0n) is 19.5. The standard InChI is InChI=1S/C31H24ClNO3/c32-25-15-17-29(35-21-22-9-3-1-4-10-22)24(19-25)20-26-16-18-30(36-26)31(34)33-28-14-8-7-13-27(28)23-11-5-2-6-12-23/h1-19H,20-21H2,(H,33,34). The van der Waals surface area contributed by atoms with E-state index in [-0.39, 0.29) is 11.7 Å². The number of amides is 1. The van der Waals surface area contributed by atoms with E-state index in [0.717, 1.165) is 33.7 Å². The Morgan fingerprint density at radius 2 is 1.53 bits per heavy atom. The van der Waals surface area contributed by atoms with Crippen LogP contribution in [-0.4, -0.2) is 5.91 Å². The van der Waals surface area contributed by atoms with E-state index in [9.17, 15) is 4.79 Å². The third kappa shape index (κ3) is 5.68. The van der Waals surface area contributed by atoms with Crippen molar-refractivity contribution in [1.29, 1.82) is 0 Å². The van der Waals surface area contributed by atoms with Crippen LogP contribution in [0, 0.1) is 0 Å². The Kier molecular flexibility index (Phi) is 7.15. The zero-order chi connectivity index (χ0) is 24.7. The number of carbonyl (C=O) groups excluding carboxylic acids is 1. The summed E-state index contributed by atoms with van der Waals surface area (Å²) in [4.78, 5) is 13.0. The third-order valence-corrected chi connectivity index (χ3v) is 6.00. The van der Waals surface area contributed by atoms with Gasteiger partial charge in [-0.25, -0.2) is 0 Å². The van der Waals surface area contributed by atoms with Gasteiger partial charge in [-0.1, -0.05) is 90.5 Å². The van der Waals surface area contributed by atoms with E-state index in [4.69, 9.17) is 20.8 Å². The topological polar surface area (TPSA) is 51.5 Å². The lowest BCUT2D eigenvalue weighted by atomic mass is 10.0. The minimum absolute atomic E-state index is 0.238. The molecule has 4 nitrogen and oxygen atoms in total. The molecule has 1 heterocycles. The Hall–Kier alpha value is -4.28. The van der Waals surface area contributed by atoms with Crippen LogP contribution in [0.4, 0.5) is 5.69 Å². The summed E-state index contributed by atoms with van der Waals surface area (Å²) in [5.74, 6) is 1.30. The predicted molar refractivity (Wildman–Crippen MR) is 144 cm³/mol. The first-order chi connectivity index (χ1) is 17.7. The van der Waals surface area contributed by atoms with Crippen LogP contribution in [0.3, 0.4) is 0 Å². The Bertz CT molecular complexity index is 1460. The molecular weight excluding hydrogens is 470 g/mol. The fourth-order valence-corrected chi connectivity index (χ4v) is 4.19. The Morgan fingerprint density at radius 1 is 0.806 bits per heavy atom. The third-order valence-electron chi connectivity index (χ3n) is 5.77. The van der Waals surface area contributed by atoms with Gasteiger partial charge in [0.1, 0.15) is 18.1 Å². The molecular formula is C31H24ClNO3. The van der Waals surface area contributed by atoms with Crippen LogP contribution in [0.25, 0.3) is 11.1 Å². The summed E-state index contributed by atoms with van der Waals surface area (Å²) < 4.78 is 12.0. The van der Waals surface area contributed by atoms with Gasteiger partial charge in [0.2, 0.25) is 0 Å². The summed E-state index contributed by atoms with van der Waals surface area (Å²) >= 11 is 6.26. The van der Waals surface area contributed by atoms with Crippen LogP contribution in [0.2, 0.25) is 5.02 Å². The van der Waals surface area contributed by atoms with Gasteiger partial charge in [0.25, 0.3) is 5.91 Å². The average Bonchev–Trinajstić information content (AvgIpc) is 3.38. The molecule has 0 atom stereocenters. The van der Waals surface area contributed by atoms with Crippen molar-refractivity contribution in [3.8, 4) is 16.9 Å². The molecule has 0 bridgehead atoms. The highest BCUT2D eigenvalue weighted by molar-refractivity contribution is 6.30. The second kappa shape index (κ2) is 11.0. The molecule has 0 aliphatic rings. The smallest absolute Gasteiger partial charge is 0.291 e. The molecule has 4 aromatic carbocycles. The number of benzene rings is 4. The van der Waals surface area contributed by atoms with Crippen LogP contribution in [-0.2, 0) is 13.0 Å². The summed E-state index contributed by atoms with van der Waals surface area (Å²) in [7, 11) is 0. The first-order valence-electron chi connectivity index (χ1n) is 11.7. The minimum atomic E-state index is -0.309. The number of furan rings is 1. The fraction of sp³-hybridized carbons (Fsp3) is 0.0645. The van der Waals surface area contributed by atoms with E-state index < -0.39 is 0 Å². The number of carbonyl (C=O) groups is 1. The van der Waals surface area contributed by atoms with E-state index in [1.165, 1.54) is 0 Å². The van der Waals surface area contributed by atoms with Gasteiger partial charge in [-0.15, -0.1) is 0 Å². The number of para-hydroxylation sites is 1. The lowest BCUT2D eigenvalue weighted by Crippen LogP contribution is -2.11. The molecule has 5 rings (SSSR count). The van der Waals surface area contributed by atoms with Crippen molar-refractivity contribution in [2.24, 2.45) is 0 Å². The maximum atomic E-state index is 13.0. The van der Waals surface area contributed by atoms with E-state index in [1.807, 2.05) is 97.1 Å². The summed E-state index contributed by atoms with van der Waals surface area (Å²) in [6.07, 6.45) is 0.443. The molecule has 1 aromatic heterocycles. The Balaban J connectivity index is 1.30. The normalized spacial score (nSPS) is 10.7. The number of hydrogen-bond acceptors (Lipinski definition) is 3. The molecule has 0 saturated carbocycles. The number of hydrogen-bond donors (Lipinski definition) is 1. The highest BCUT2D eigenvalue weighted by atomic mass is 35.5. The lowest BCUT2D eigenvalue weighted by Gasteiger charge is -2.12. The van der Waals surface area contributed by atoms with Crippen LogP contribution in [0.15, 0.2) is 120 Å².